The van der Waals surface area contributed by atoms with E-state index in [4.69, 9.17) is 4.74 Å². The Kier molecular flexibility index (Phi) is 4.45. The lowest BCUT2D eigenvalue weighted by Gasteiger charge is -2.30. The molecule has 110 valence electrons. The fraction of sp³-hybridized carbons (Fsp3) is 1.00. The molecule has 19 heavy (non-hydrogen) atoms. The molecular weight excluding hydrogens is 236 g/mol. The Morgan fingerprint density at radius 1 is 1.11 bits per heavy atom. The Labute approximate surface area is 118 Å². The number of nitrogens with zero attached hydrogens (tertiary/aromatic N) is 1. The molecule has 0 radical (unpaired) electrons. The Bertz CT molecular complexity index is 282. The molecule has 3 heteroatoms. The van der Waals surface area contributed by atoms with E-state index in [1.807, 2.05) is 0 Å². The Hall–Kier alpha value is -0.120. The number of piperidine rings is 1. The van der Waals surface area contributed by atoms with Crippen molar-refractivity contribution in [2.45, 2.75) is 63.1 Å². The minimum absolute atomic E-state index is 0.303. The molecule has 0 aromatic carbocycles. The van der Waals surface area contributed by atoms with Gasteiger partial charge in [0.15, 0.2) is 0 Å². The van der Waals surface area contributed by atoms with Crippen LogP contribution < -0.4 is 5.32 Å². The summed E-state index contributed by atoms with van der Waals surface area (Å²) in [6, 6.07) is 0. The van der Waals surface area contributed by atoms with Crippen LogP contribution in [0.15, 0.2) is 0 Å². The van der Waals surface area contributed by atoms with Crippen LogP contribution in [0.3, 0.4) is 0 Å². The zero-order chi connectivity index (χ0) is 13.1. The molecule has 3 rings (SSSR count). The van der Waals surface area contributed by atoms with Crippen LogP contribution in [-0.2, 0) is 4.74 Å². The predicted octanol–water partition coefficient (Wildman–Crippen LogP) is 2.41. The van der Waals surface area contributed by atoms with Crippen LogP contribution >= 0.6 is 0 Å². The fourth-order valence-electron chi connectivity index (χ4n) is 4.35. The zero-order valence-electron chi connectivity index (χ0n) is 12.5. The summed E-state index contributed by atoms with van der Waals surface area (Å²) in [7, 11) is 2.28. The highest BCUT2D eigenvalue weighted by Gasteiger charge is 2.42. The van der Waals surface area contributed by atoms with Gasteiger partial charge < -0.3 is 15.0 Å². The summed E-state index contributed by atoms with van der Waals surface area (Å²) in [5.74, 6) is 0.848. The monoisotopic (exact) mass is 266 g/mol. The largest absolute Gasteiger partial charge is 0.370 e. The van der Waals surface area contributed by atoms with Gasteiger partial charge in [0.25, 0.3) is 0 Å². The summed E-state index contributed by atoms with van der Waals surface area (Å²) < 4.78 is 6.41. The van der Waals surface area contributed by atoms with Crippen molar-refractivity contribution in [2.75, 3.05) is 33.2 Å². The molecule has 1 aliphatic carbocycles. The van der Waals surface area contributed by atoms with Gasteiger partial charge in [0.2, 0.25) is 0 Å². The van der Waals surface area contributed by atoms with Gasteiger partial charge in [0.1, 0.15) is 0 Å². The highest BCUT2D eigenvalue weighted by Crippen LogP contribution is 2.43. The van der Waals surface area contributed by atoms with Gasteiger partial charge in [-0.25, -0.2) is 0 Å². The minimum atomic E-state index is 0.303. The third kappa shape index (κ3) is 3.50. The van der Waals surface area contributed by atoms with Gasteiger partial charge in [0, 0.05) is 13.1 Å². The van der Waals surface area contributed by atoms with Gasteiger partial charge >= 0.3 is 0 Å². The molecule has 2 unspecified atom stereocenters. The van der Waals surface area contributed by atoms with E-state index in [1.54, 1.807) is 0 Å². The van der Waals surface area contributed by atoms with Crippen LogP contribution in [0.2, 0.25) is 0 Å². The molecule has 2 saturated heterocycles. The summed E-state index contributed by atoms with van der Waals surface area (Å²) in [5.41, 5.74) is 0.303. The number of hydrogen-bond donors (Lipinski definition) is 1. The molecule has 1 spiro atoms. The molecule has 3 fully saturated rings. The number of ether oxygens (including phenoxy) is 1. The SMILES string of the molecule is CN(CC1CCCNC1)CC1CCC2(CCCC2)O1. The summed E-state index contributed by atoms with van der Waals surface area (Å²) in [6.45, 7) is 4.80. The van der Waals surface area contributed by atoms with Crippen LogP contribution in [0.1, 0.15) is 51.4 Å². The second kappa shape index (κ2) is 6.11. The number of likely N-dealkylation sites (N-methyl/N-ethyl adjacent to an activating group) is 1. The second-order valence-corrected chi connectivity index (χ2v) is 7.10. The highest BCUT2D eigenvalue weighted by atomic mass is 16.5. The molecule has 2 heterocycles. The van der Waals surface area contributed by atoms with E-state index < -0.39 is 0 Å². The van der Waals surface area contributed by atoms with Gasteiger partial charge in [-0.1, -0.05) is 12.8 Å². The van der Waals surface area contributed by atoms with Crippen LogP contribution in [0, 0.1) is 5.92 Å². The van der Waals surface area contributed by atoms with Gasteiger partial charge in [-0.05, 0) is 64.6 Å². The second-order valence-electron chi connectivity index (χ2n) is 7.10. The highest BCUT2D eigenvalue weighted by molar-refractivity contribution is 4.93. The molecular formula is C16H30N2O. The lowest BCUT2D eigenvalue weighted by Crippen LogP contribution is -2.39. The van der Waals surface area contributed by atoms with Crippen molar-refractivity contribution >= 4 is 0 Å². The van der Waals surface area contributed by atoms with Gasteiger partial charge in [-0.2, -0.15) is 0 Å². The summed E-state index contributed by atoms with van der Waals surface area (Å²) >= 11 is 0. The molecule has 0 aromatic rings. The van der Waals surface area contributed by atoms with E-state index in [-0.39, 0.29) is 0 Å². The van der Waals surface area contributed by atoms with Crippen LogP contribution in [0.5, 0.6) is 0 Å². The number of hydrogen-bond acceptors (Lipinski definition) is 3. The van der Waals surface area contributed by atoms with Gasteiger partial charge in [-0.15, -0.1) is 0 Å². The topological polar surface area (TPSA) is 24.5 Å². The molecule has 1 saturated carbocycles. The van der Waals surface area contributed by atoms with Crippen molar-refractivity contribution in [2.24, 2.45) is 5.92 Å². The number of nitrogens with one attached hydrogen (secondary N) is 1. The maximum atomic E-state index is 6.41. The molecule has 2 atom stereocenters. The van der Waals surface area contributed by atoms with E-state index in [1.165, 1.54) is 71.0 Å². The molecule has 0 amide bonds. The first-order chi connectivity index (χ1) is 9.26. The average molecular weight is 266 g/mol. The molecule has 1 N–H and O–H groups in total. The fourth-order valence-corrected chi connectivity index (χ4v) is 4.35. The van der Waals surface area contributed by atoms with Crippen LogP contribution in [0.25, 0.3) is 0 Å². The summed E-state index contributed by atoms with van der Waals surface area (Å²) in [5, 5.41) is 3.52. The van der Waals surface area contributed by atoms with E-state index in [2.05, 4.69) is 17.3 Å². The molecule has 0 aromatic heterocycles. The number of rotatable bonds is 4. The van der Waals surface area contributed by atoms with Crippen molar-refractivity contribution in [3.05, 3.63) is 0 Å². The van der Waals surface area contributed by atoms with E-state index in [9.17, 15) is 0 Å². The van der Waals surface area contributed by atoms with Crippen molar-refractivity contribution in [1.29, 1.82) is 0 Å². The third-order valence-corrected chi connectivity index (χ3v) is 5.34. The van der Waals surface area contributed by atoms with E-state index in [0.717, 1.165) is 12.5 Å². The van der Waals surface area contributed by atoms with E-state index >= 15 is 0 Å². The van der Waals surface area contributed by atoms with Crippen molar-refractivity contribution in [3.8, 4) is 0 Å². The zero-order valence-corrected chi connectivity index (χ0v) is 12.5. The first-order valence-electron chi connectivity index (χ1n) is 8.33. The predicted molar refractivity (Wildman–Crippen MR) is 78.4 cm³/mol. The van der Waals surface area contributed by atoms with Crippen LogP contribution in [0.4, 0.5) is 0 Å². The molecule has 0 bridgehead atoms. The Balaban J connectivity index is 1.41. The average Bonchev–Trinajstić information content (AvgIpc) is 3.02. The quantitative estimate of drug-likeness (QED) is 0.846. The Morgan fingerprint density at radius 3 is 2.68 bits per heavy atom. The van der Waals surface area contributed by atoms with Crippen molar-refractivity contribution < 1.29 is 4.74 Å². The maximum absolute atomic E-state index is 6.41. The first kappa shape index (κ1) is 13.8. The Morgan fingerprint density at radius 2 is 1.95 bits per heavy atom. The van der Waals surface area contributed by atoms with E-state index in [0.29, 0.717) is 11.7 Å². The smallest absolute Gasteiger partial charge is 0.0710 e. The van der Waals surface area contributed by atoms with Crippen molar-refractivity contribution in [3.63, 3.8) is 0 Å². The molecule has 2 aliphatic heterocycles. The summed E-state index contributed by atoms with van der Waals surface area (Å²) in [6.07, 6.45) is 11.3. The lowest BCUT2D eigenvalue weighted by molar-refractivity contribution is -0.0462. The van der Waals surface area contributed by atoms with Crippen molar-refractivity contribution in [1.82, 2.24) is 10.2 Å². The van der Waals surface area contributed by atoms with Crippen LogP contribution in [-0.4, -0.2) is 49.8 Å². The van der Waals surface area contributed by atoms with Gasteiger partial charge in [-0.3, -0.25) is 0 Å². The van der Waals surface area contributed by atoms with Gasteiger partial charge in [0.05, 0.1) is 11.7 Å². The minimum Gasteiger partial charge on any atom is -0.370 e. The lowest BCUT2D eigenvalue weighted by atomic mass is 9.98. The maximum Gasteiger partial charge on any atom is 0.0710 e. The third-order valence-electron chi connectivity index (χ3n) is 5.34. The molecule has 3 aliphatic rings. The normalized spacial score (nSPS) is 34.4. The molecule has 3 nitrogen and oxygen atoms in total. The first-order valence-corrected chi connectivity index (χ1v) is 8.33. The summed E-state index contributed by atoms with van der Waals surface area (Å²) in [4.78, 5) is 2.51. The standard InChI is InChI=1S/C16H30N2O/c1-18(12-14-5-4-10-17-11-14)13-15-6-9-16(19-15)7-2-3-8-16/h14-15,17H,2-13H2,1H3.